The van der Waals surface area contributed by atoms with Crippen molar-refractivity contribution in [2.75, 3.05) is 7.11 Å². The van der Waals surface area contributed by atoms with Gasteiger partial charge in [-0.15, -0.1) is 0 Å². The normalized spacial score (nSPS) is 16.9. The van der Waals surface area contributed by atoms with Gasteiger partial charge in [-0.1, -0.05) is 34.1 Å². The summed E-state index contributed by atoms with van der Waals surface area (Å²) in [5.74, 6) is -0.848. The molecule has 1 atom stereocenters. The van der Waals surface area contributed by atoms with E-state index in [0.717, 1.165) is 40.6 Å². The molecule has 0 amide bonds. The van der Waals surface area contributed by atoms with E-state index in [2.05, 4.69) is 26.3 Å². The Morgan fingerprint density at radius 2 is 2.19 bits per heavy atom. The van der Waals surface area contributed by atoms with E-state index in [9.17, 15) is 9.90 Å². The maximum atomic E-state index is 11.7. The van der Waals surface area contributed by atoms with Crippen LogP contribution in [0.15, 0.2) is 34.9 Å². The van der Waals surface area contributed by atoms with Gasteiger partial charge in [0.1, 0.15) is 6.04 Å². The Balaban J connectivity index is 1.76. The molecule has 1 saturated carbocycles. The largest absolute Gasteiger partial charge is 0.480 e. The summed E-state index contributed by atoms with van der Waals surface area (Å²) in [7, 11) is 3.54. The number of halogens is 1. The van der Waals surface area contributed by atoms with Gasteiger partial charge in [-0.2, -0.15) is 5.10 Å². The number of hydrogen-bond donors (Lipinski definition) is 2. The van der Waals surface area contributed by atoms with Crippen molar-refractivity contribution < 1.29 is 14.6 Å². The van der Waals surface area contributed by atoms with Crippen LogP contribution in [-0.4, -0.2) is 39.6 Å². The zero-order valence-corrected chi connectivity index (χ0v) is 16.6. The molecule has 1 heterocycles. The van der Waals surface area contributed by atoms with Crippen LogP contribution in [0.3, 0.4) is 0 Å². The molecule has 0 aliphatic heterocycles. The van der Waals surface area contributed by atoms with Crippen molar-refractivity contribution in [1.29, 1.82) is 0 Å². The van der Waals surface area contributed by atoms with E-state index in [1.165, 1.54) is 0 Å². The van der Waals surface area contributed by atoms with Crippen LogP contribution in [0, 0.1) is 0 Å². The molecule has 3 rings (SSSR count). The Morgan fingerprint density at radius 3 is 2.77 bits per heavy atom. The molecular weight excluding hydrogens is 398 g/mol. The summed E-state index contributed by atoms with van der Waals surface area (Å²) < 4.78 is 8.31. The van der Waals surface area contributed by atoms with Gasteiger partial charge in [0.2, 0.25) is 0 Å². The average molecular weight is 422 g/mol. The van der Waals surface area contributed by atoms with Crippen LogP contribution >= 0.6 is 15.9 Å². The minimum absolute atomic E-state index is 0.295. The molecule has 1 aliphatic rings. The van der Waals surface area contributed by atoms with Gasteiger partial charge >= 0.3 is 5.97 Å². The van der Waals surface area contributed by atoms with Gasteiger partial charge in [-0.25, -0.2) is 0 Å². The molecule has 1 aromatic carbocycles. The zero-order valence-electron chi connectivity index (χ0n) is 15.0. The van der Waals surface area contributed by atoms with E-state index in [1.807, 2.05) is 37.5 Å². The predicted octanol–water partition coefficient (Wildman–Crippen LogP) is 3.35. The number of aromatic nitrogens is 2. The number of benzene rings is 1. The molecule has 2 aromatic rings. The van der Waals surface area contributed by atoms with Crippen LogP contribution in [0.4, 0.5) is 0 Å². The monoisotopic (exact) mass is 421 g/mol. The molecule has 7 heteroatoms. The van der Waals surface area contributed by atoms with Crippen LogP contribution in [0.1, 0.15) is 31.2 Å². The molecule has 1 unspecified atom stereocenters. The van der Waals surface area contributed by atoms with Crippen molar-refractivity contribution in [2.45, 2.75) is 43.9 Å². The highest BCUT2D eigenvalue weighted by Gasteiger charge is 2.40. The molecular formula is C19H24BrN3O3. The summed E-state index contributed by atoms with van der Waals surface area (Å²) in [6.45, 7) is 0.432. The zero-order chi connectivity index (χ0) is 18.7. The first-order valence-corrected chi connectivity index (χ1v) is 9.52. The van der Waals surface area contributed by atoms with E-state index < -0.39 is 12.0 Å². The summed E-state index contributed by atoms with van der Waals surface area (Å²) in [4.78, 5) is 11.7. The van der Waals surface area contributed by atoms with E-state index in [-0.39, 0.29) is 5.60 Å². The number of nitrogens with one attached hydrogen (secondary N) is 1. The quantitative estimate of drug-likeness (QED) is 0.683. The van der Waals surface area contributed by atoms with Gasteiger partial charge in [0, 0.05) is 48.9 Å². The Hall–Kier alpha value is -1.70. The van der Waals surface area contributed by atoms with Crippen molar-refractivity contribution in [3.05, 3.63) is 40.5 Å². The summed E-state index contributed by atoms with van der Waals surface area (Å²) in [6.07, 6.45) is 5.34. The first-order chi connectivity index (χ1) is 12.4. The van der Waals surface area contributed by atoms with Crippen LogP contribution in [0.2, 0.25) is 0 Å². The van der Waals surface area contributed by atoms with Crippen molar-refractivity contribution in [3.8, 4) is 11.3 Å². The van der Waals surface area contributed by atoms with E-state index in [1.54, 1.807) is 11.8 Å². The lowest BCUT2D eigenvalue weighted by Crippen LogP contribution is -2.48. The number of carboxylic acid groups (broad SMARTS) is 1. The number of rotatable bonds is 8. The Bertz CT molecular complexity index is 781. The molecule has 0 bridgehead atoms. The first kappa shape index (κ1) is 19.1. The molecule has 1 fully saturated rings. The highest BCUT2D eigenvalue weighted by atomic mass is 79.9. The highest BCUT2D eigenvalue weighted by molar-refractivity contribution is 9.10. The minimum Gasteiger partial charge on any atom is -0.480 e. The third kappa shape index (κ3) is 4.00. The molecule has 1 aliphatic carbocycles. The van der Waals surface area contributed by atoms with Gasteiger partial charge in [0.05, 0.1) is 11.3 Å². The standard InChI is InChI=1S/C19H24BrN3O3/c1-23-12-13(17(22-23)14-6-3-4-7-15(14)20)11-21-16(18(24)25)10-19(26-2)8-5-9-19/h3-4,6-7,12,16,21H,5,8-11H2,1-2H3,(H,24,25). The molecule has 26 heavy (non-hydrogen) atoms. The van der Waals surface area contributed by atoms with Crippen LogP contribution in [0.25, 0.3) is 11.3 Å². The summed E-state index contributed by atoms with van der Waals surface area (Å²) in [5, 5.41) is 17.4. The molecule has 2 N–H and O–H groups in total. The third-order valence-corrected chi connectivity index (χ3v) is 5.84. The molecule has 0 spiro atoms. The van der Waals surface area contributed by atoms with Crippen molar-refractivity contribution in [1.82, 2.24) is 15.1 Å². The summed E-state index contributed by atoms with van der Waals surface area (Å²) in [6, 6.07) is 7.24. The SMILES string of the molecule is COC1(CC(NCc2cn(C)nc2-c2ccccc2Br)C(=O)O)CCC1. The Kier molecular flexibility index (Phi) is 5.79. The molecule has 0 radical (unpaired) electrons. The van der Waals surface area contributed by atoms with Gasteiger partial charge in [-0.3, -0.25) is 9.48 Å². The number of hydrogen-bond acceptors (Lipinski definition) is 4. The fraction of sp³-hybridized carbons (Fsp3) is 0.474. The van der Waals surface area contributed by atoms with Gasteiger partial charge in [0.15, 0.2) is 0 Å². The number of carboxylic acids is 1. The average Bonchev–Trinajstić information content (AvgIpc) is 2.94. The van der Waals surface area contributed by atoms with Gasteiger partial charge < -0.3 is 15.2 Å². The van der Waals surface area contributed by atoms with Crippen LogP contribution in [-0.2, 0) is 23.1 Å². The smallest absolute Gasteiger partial charge is 0.320 e. The van der Waals surface area contributed by atoms with E-state index >= 15 is 0 Å². The van der Waals surface area contributed by atoms with Crippen molar-refractivity contribution in [2.24, 2.45) is 7.05 Å². The maximum absolute atomic E-state index is 11.7. The fourth-order valence-electron chi connectivity index (χ4n) is 3.46. The maximum Gasteiger partial charge on any atom is 0.320 e. The Labute approximate surface area is 161 Å². The van der Waals surface area contributed by atoms with Crippen LogP contribution < -0.4 is 5.32 Å². The number of carbonyl (C=O) groups is 1. The molecule has 6 nitrogen and oxygen atoms in total. The lowest BCUT2D eigenvalue weighted by atomic mass is 9.75. The lowest BCUT2D eigenvalue weighted by molar-refractivity contribution is -0.144. The third-order valence-electron chi connectivity index (χ3n) is 5.14. The molecule has 140 valence electrons. The number of methoxy groups -OCH3 is 1. The number of aliphatic carboxylic acids is 1. The van der Waals surface area contributed by atoms with Crippen molar-refractivity contribution >= 4 is 21.9 Å². The predicted molar refractivity (Wildman–Crippen MR) is 103 cm³/mol. The van der Waals surface area contributed by atoms with E-state index in [4.69, 9.17) is 4.74 Å². The number of nitrogens with zero attached hydrogens (tertiary/aromatic N) is 2. The van der Waals surface area contributed by atoms with Crippen LogP contribution in [0.5, 0.6) is 0 Å². The Morgan fingerprint density at radius 1 is 1.46 bits per heavy atom. The van der Waals surface area contributed by atoms with Gasteiger partial charge in [0.25, 0.3) is 0 Å². The number of aryl methyl sites for hydroxylation is 1. The lowest BCUT2D eigenvalue weighted by Gasteiger charge is -2.42. The molecule has 1 aromatic heterocycles. The van der Waals surface area contributed by atoms with E-state index in [0.29, 0.717) is 13.0 Å². The number of ether oxygens (including phenoxy) is 1. The molecule has 0 saturated heterocycles. The second-order valence-electron chi connectivity index (χ2n) is 6.87. The fourth-order valence-corrected chi connectivity index (χ4v) is 3.93. The minimum atomic E-state index is -0.848. The van der Waals surface area contributed by atoms with Gasteiger partial charge in [-0.05, 0) is 25.3 Å². The van der Waals surface area contributed by atoms with Crippen molar-refractivity contribution in [3.63, 3.8) is 0 Å². The summed E-state index contributed by atoms with van der Waals surface area (Å²) >= 11 is 3.57. The second-order valence-corrected chi connectivity index (χ2v) is 7.73. The topological polar surface area (TPSA) is 76.4 Å². The second kappa shape index (κ2) is 7.90. The highest BCUT2D eigenvalue weighted by Crippen LogP contribution is 2.39. The summed E-state index contributed by atoms with van der Waals surface area (Å²) in [5.41, 5.74) is 2.51. The first-order valence-electron chi connectivity index (χ1n) is 8.73.